The highest BCUT2D eigenvalue weighted by molar-refractivity contribution is 5.79. The highest BCUT2D eigenvalue weighted by Crippen LogP contribution is 2.29. The van der Waals surface area contributed by atoms with Gasteiger partial charge in [-0.15, -0.1) is 0 Å². The lowest BCUT2D eigenvalue weighted by Gasteiger charge is -2.25. The third-order valence-corrected chi connectivity index (χ3v) is 5.28. The van der Waals surface area contributed by atoms with Gasteiger partial charge in [0, 0.05) is 48.8 Å². The minimum atomic E-state index is -4.47. The minimum Gasteiger partial charge on any atom is -0.337 e. The number of rotatable bonds is 8. The van der Waals surface area contributed by atoms with Crippen molar-refractivity contribution in [2.24, 2.45) is 0 Å². The Morgan fingerprint density at radius 2 is 1.88 bits per heavy atom. The Morgan fingerprint density at radius 1 is 1.12 bits per heavy atom. The second-order valence-electron chi connectivity index (χ2n) is 8.21. The Labute approximate surface area is 195 Å². The quantitative estimate of drug-likeness (QED) is 0.543. The summed E-state index contributed by atoms with van der Waals surface area (Å²) in [4.78, 5) is 40.4. The Kier molecular flexibility index (Phi) is 7.83. The van der Waals surface area contributed by atoms with Gasteiger partial charge in [-0.1, -0.05) is 12.1 Å². The first-order valence-corrected chi connectivity index (χ1v) is 10.6. The summed E-state index contributed by atoms with van der Waals surface area (Å²) in [5.41, 5.74) is 0.410. The van der Waals surface area contributed by atoms with Crippen molar-refractivity contribution in [3.05, 3.63) is 81.5 Å². The summed E-state index contributed by atoms with van der Waals surface area (Å²) < 4.78 is 39.3. The van der Waals surface area contributed by atoms with Gasteiger partial charge in [-0.05, 0) is 50.8 Å². The molecule has 0 spiro atoms. The average Bonchev–Trinajstić information content (AvgIpc) is 2.78. The Balaban J connectivity index is 1.84. The van der Waals surface area contributed by atoms with Crippen LogP contribution in [0, 0.1) is 6.92 Å². The Bertz CT molecular complexity index is 1190. The zero-order valence-corrected chi connectivity index (χ0v) is 19.2. The van der Waals surface area contributed by atoms with Crippen molar-refractivity contribution in [3.8, 4) is 11.4 Å². The molecule has 0 unspecified atom stereocenters. The first-order chi connectivity index (χ1) is 16.0. The van der Waals surface area contributed by atoms with Gasteiger partial charge >= 0.3 is 6.18 Å². The van der Waals surface area contributed by atoms with Crippen LogP contribution >= 0.6 is 0 Å². The lowest BCUT2D eigenvalue weighted by atomic mass is 10.1. The molecule has 0 atom stereocenters. The van der Waals surface area contributed by atoms with E-state index in [0.29, 0.717) is 35.7 Å². The SMILES string of the molecule is Cc1nc(-c2cccnc2)[nH]c(=O)c1CC(=O)N(CCN(C)C)Cc1cccc(C(F)(F)F)c1. The van der Waals surface area contributed by atoms with Crippen LogP contribution in [0.2, 0.25) is 0 Å². The molecule has 180 valence electrons. The first-order valence-electron chi connectivity index (χ1n) is 10.6. The van der Waals surface area contributed by atoms with Crippen molar-refractivity contribution in [2.45, 2.75) is 26.1 Å². The largest absolute Gasteiger partial charge is 0.416 e. The van der Waals surface area contributed by atoms with E-state index in [0.717, 1.165) is 12.1 Å². The number of aromatic amines is 1. The van der Waals surface area contributed by atoms with Crippen LogP contribution in [-0.2, 0) is 23.9 Å². The number of likely N-dealkylation sites (N-methyl/N-ethyl adjacent to an activating group) is 1. The molecular formula is C24H26F3N5O2. The van der Waals surface area contributed by atoms with Crippen molar-refractivity contribution < 1.29 is 18.0 Å². The average molecular weight is 473 g/mol. The van der Waals surface area contributed by atoms with Gasteiger partial charge in [0.15, 0.2) is 0 Å². The number of benzene rings is 1. The minimum absolute atomic E-state index is 0.00522. The van der Waals surface area contributed by atoms with Crippen LogP contribution in [-0.4, -0.2) is 57.8 Å². The third kappa shape index (κ3) is 6.50. The van der Waals surface area contributed by atoms with Gasteiger partial charge in [0.25, 0.3) is 5.56 Å². The van der Waals surface area contributed by atoms with Gasteiger partial charge in [-0.25, -0.2) is 4.98 Å². The standard InChI is InChI=1S/C24H26F3N5O2/c1-16-20(23(34)30-22(29-16)18-7-5-9-28-14-18)13-21(33)32(11-10-31(2)3)15-17-6-4-8-19(12-17)24(25,26)27/h4-9,12,14H,10-11,13,15H2,1-3H3,(H,29,30,34). The fourth-order valence-electron chi connectivity index (χ4n) is 3.40. The molecule has 2 heterocycles. The molecule has 10 heteroatoms. The fourth-order valence-corrected chi connectivity index (χ4v) is 3.40. The van der Waals surface area contributed by atoms with Crippen molar-refractivity contribution in [2.75, 3.05) is 27.2 Å². The van der Waals surface area contributed by atoms with Crippen molar-refractivity contribution >= 4 is 5.91 Å². The molecular weight excluding hydrogens is 447 g/mol. The summed E-state index contributed by atoms with van der Waals surface area (Å²) in [7, 11) is 3.67. The van der Waals surface area contributed by atoms with E-state index in [4.69, 9.17) is 0 Å². The molecule has 0 radical (unpaired) electrons. The first kappa shape index (κ1) is 25.1. The van der Waals surface area contributed by atoms with E-state index in [1.165, 1.54) is 11.0 Å². The Morgan fingerprint density at radius 3 is 2.50 bits per heavy atom. The topological polar surface area (TPSA) is 82.2 Å². The molecule has 0 saturated heterocycles. The van der Waals surface area contributed by atoms with Crippen LogP contribution in [0.3, 0.4) is 0 Å². The van der Waals surface area contributed by atoms with Crippen LogP contribution in [0.1, 0.15) is 22.4 Å². The number of hydrogen-bond acceptors (Lipinski definition) is 5. The predicted octanol–water partition coefficient (Wildman–Crippen LogP) is 3.29. The summed E-state index contributed by atoms with van der Waals surface area (Å²) in [6.45, 7) is 2.45. The maximum Gasteiger partial charge on any atom is 0.416 e. The molecule has 7 nitrogen and oxygen atoms in total. The summed E-state index contributed by atoms with van der Waals surface area (Å²) in [5.74, 6) is -0.0241. The zero-order valence-electron chi connectivity index (χ0n) is 19.2. The number of amides is 1. The highest BCUT2D eigenvalue weighted by atomic mass is 19.4. The summed E-state index contributed by atoms with van der Waals surface area (Å²) >= 11 is 0. The normalized spacial score (nSPS) is 11.6. The van der Waals surface area contributed by atoms with Gasteiger partial charge in [0.05, 0.1) is 12.0 Å². The van der Waals surface area contributed by atoms with Crippen LogP contribution in [0.4, 0.5) is 13.2 Å². The molecule has 1 amide bonds. The summed E-state index contributed by atoms with van der Waals surface area (Å²) in [5, 5.41) is 0. The van der Waals surface area contributed by atoms with E-state index >= 15 is 0 Å². The number of aryl methyl sites for hydroxylation is 1. The number of pyridine rings is 1. The second kappa shape index (κ2) is 10.6. The van der Waals surface area contributed by atoms with Gasteiger partial charge in [-0.2, -0.15) is 13.2 Å². The molecule has 3 aromatic rings. The van der Waals surface area contributed by atoms with E-state index in [1.54, 1.807) is 37.5 Å². The number of alkyl halides is 3. The molecule has 1 N–H and O–H groups in total. The lowest BCUT2D eigenvalue weighted by Crippen LogP contribution is -2.38. The number of nitrogens with zero attached hydrogens (tertiary/aromatic N) is 4. The van der Waals surface area contributed by atoms with E-state index in [9.17, 15) is 22.8 Å². The Hall–Kier alpha value is -3.53. The zero-order chi connectivity index (χ0) is 24.9. The van der Waals surface area contributed by atoms with E-state index in [2.05, 4.69) is 15.0 Å². The van der Waals surface area contributed by atoms with Crippen LogP contribution in [0.25, 0.3) is 11.4 Å². The molecule has 0 aliphatic heterocycles. The number of nitrogens with one attached hydrogen (secondary N) is 1. The van der Waals surface area contributed by atoms with E-state index < -0.39 is 17.3 Å². The molecule has 0 saturated carbocycles. The van der Waals surface area contributed by atoms with Gasteiger partial charge < -0.3 is 14.8 Å². The van der Waals surface area contributed by atoms with E-state index in [-0.39, 0.29) is 24.4 Å². The number of carbonyl (C=O) groups excluding carboxylic acids is 1. The maximum atomic E-state index is 13.2. The van der Waals surface area contributed by atoms with Crippen molar-refractivity contribution in [1.82, 2.24) is 24.8 Å². The fraction of sp³-hybridized carbons (Fsp3) is 0.333. The molecule has 0 fully saturated rings. The van der Waals surface area contributed by atoms with Gasteiger partial charge in [0.1, 0.15) is 5.82 Å². The van der Waals surface area contributed by atoms with Gasteiger partial charge in [-0.3, -0.25) is 14.6 Å². The molecule has 0 bridgehead atoms. The summed E-state index contributed by atoms with van der Waals surface area (Å²) in [6.07, 6.45) is -1.51. The lowest BCUT2D eigenvalue weighted by molar-refractivity contribution is -0.137. The molecule has 34 heavy (non-hydrogen) atoms. The summed E-state index contributed by atoms with van der Waals surface area (Å²) in [6, 6.07) is 8.38. The molecule has 3 rings (SSSR count). The smallest absolute Gasteiger partial charge is 0.337 e. The van der Waals surface area contributed by atoms with Crippen LogP contribution in [0.15, 0.2) is 53.6 Å². The number of halogens is 3. The molecule has 0 aliphatic rings. The second-order valence-corrected chi connectivity index (χ2v) is 8.21. The van der Waals surface area contributed by atoms with Crippen LogP contribution in [0.5, 0.6) is 0 Å². The molecule has 0 aliphatic carbocycles. The maximum absolute atomic E-state index is 13.2. The van der Waals surface area contributed by atoms with E-state index in [1.807, 2.05) is 19.0 Å². The number of H-pyrrole nitrogens is 1. The molecule has 1 aromatic carbocycles. The number of hydrogen-bond donors (Lipinski definition) is 1. The van der Waals surface area contributed by atoms with Crippen molar-refractivity contribution in [1.29, 1.82) is 0 Å². The number of carbonyl (C=O) groups is 1. The number of aromatic nitrogens is 3. The predicted molar refractivity (Wildman–Crippen MR) is 122 cm³/mol. The van der Waals surface area contributed by atoms with Gasteiger partial charge in [0.2, 0.25) is 5.91 Å². The highest BCUT2D eigenvalue weighted by Gasteiger charge is 2.30. The third-order valence-electron chi connectivity index (χ3n) is 5.28. The molecule has 2 aromatic heterocycles. The van der Waals surface area contributed by atoms with Crippen molar-refractivity contribution in [3.63, 3.8) is 0 Å². The van der Waals surface area contributed by atoms with Crippen LogP contribution < -0.4 is 5.56 Å². The monoisotopic (exact) mass is 473 g/mol.